The zero-order valence-electron chi connectivity index (χ0n) is 13.9. The van der Waals surface area contributed by atoms with Gasteiger partial charge in [0, 0.05) is 20.3 Å². The monoisotopic (exact) mass is 334 g/mol. The predicted octanol–water partition coefficient (Wildman–Crippen LogP) is 1.34. The number of para-hydroxylation sites is 1. The molecule has 0 aliphatic heterocycles. The largest absolute Gasteiger partial charge is 0.465 e. The van der Waals surface area contributed by atoms with E-state index in [1.807, 2.05) is 0 Å². The molecule has 1 aromatic carbocycles. The highest BCUT2D eigenvalue weighted by Gasteiger charge is 2.56. The van der Waals surface area contributed by atoms with Crippen molar-refractivity contribution in [3.05, 3.63) is 29.8 Å². The van der Waals surface area contributed by atoms with Crippen LogP contribution in [0.25, 0.3) is 0 Å². The Morgan fingerprint density at radius 1 is 1.12 bits per heavy atom. The third-order valence-corrected chi connectivity index (χ3v) is 4.01. The lowest BCUT2D eigenvalue weighted by Gasteiger charge is -2.16. The fraction of sp³-hybridized carbons (Fsp3) is 0.471. The van der Waals surface area contributed by atoms with Crippen molar-refractivity contribution in [2.24, 2.45) is 5.41 Å². The van der Waals surface area contributed by atoms with E-state index in [2.05, 4.69) is 10.6 Å². The van der Waals surface area contributed by atoms with E-state index in [-0.39, 0.29) is 11.5 Å². The van der Waals surface area contributed by atoms with Crippen molar-refractivity contribution >= 4 is 23.5 Å². The number of esters is 1. The van der Waals surface area contributed by atoms with Crippen LogP contribution in [0.2, 0.25) is 0 Å². The number of amides is 2. The average molecular weight is 334 g/mol. The summed E-state index contributed by atoms with van der Waals surface area (Å²) in [5.74, 6) is -1.23. The van der Waals surface area contributed by atoms with Crippen LogP contribution in [0.3, 0.4) is 0 Å². The molecule has 130 valence electrons. The van der Waals surface area contributed by atoms with Gasteiger partial charge in [-0.2, -0.15) is 0 Å². The lowest BCUT2D eigenvalue weighted by atomic mass is 10.0. The summed E-state index contributed by atoms with van der Waals surface area (Å²) in [6.45, 7) is 1.01. The Balaban J connectivity index is 2.02. The fourth-order valence-electron chi connectivity index (χ4n) is 2.39. The highest BCUT2D eigenvalue weighted by atomic mass is 16.5. The number of anilines is 1. The van der Waals surface area contributed by atoms with Crippen molar-refractivity contribution in [2.75, 3.05) is 32.7 Å². The van der Waals surface area contributed by atoms with E-state index in [4.69, 9.17) is 9.47 Å². The van der Waals surface area contributed by atoms with Crippen molar-refractivity contribution in [1.29, 1.82) is 0 Å². The van der Waals surface area contributed by atoms with Gasteiger partial charge in [0.2, 0.25) is 11.8 Å². The first-order valence-electron chi connectivity index (χ1n) is 7.81. The minimum Gasteiger partial charge on any atom is -0.465 e. The van der Waals surface area contributed by atoms with Gasteiger partial charge in [0.15, 0.2) is 0 Å². The fourth-order valence-corrected chi connectivity index (χ4v) is 2.39. The van der Waals surface area contributed by atoms with E-state index >= 15 is 0 Å². The highest BCUT2D eigenvalue weighted by Crippen LogP contribution is 2.47. The molecule has 0 radical (unpaired) electrons. The minimum absolute atomic E-state index is 0.254. The Labute approximate surface area is 140 Å². The van der Waals surface area contributed by atoms with Gasteiger partial charge in [-0.05, 0) is 31.4 Å². The lowest BCUT2D eigenvalue weighted by molar-refractivity contribution is -0.134. The van der Waals surface area contributed by atoms with Gasteiger partial charge in [-0.3, -0.25) is 9.59 Å². The summed E-state index contributed by atoms with van der Waals surface area (Å²) in [7, 11) is 2.87. The number of hydrogen-bond acceptors (Lipinski definition) is 5. The molecular weight excluding hydrogens is 312 g/mol. The molecule has 0 aromatic heterocycles. The van der Waals surface area contributed by atoms with Gasteiger partial charge in [-0.25, -0.2) is 4.79 Å². The molecule has 0 unspecified atom stereocenters. The average Bonchev–Trinajstić information content (AvgIpc) is 3.40. The molecule has 2 rings (SSSR count). The second kappa shape index (κ2) is 7.92. The van der Waals surface area contributed by atoms with Crippen LogP contribution in [0.15, 0.2) is 24.3 Å². The van der Waals surface area contributed by atoms with Gasteiger partial charge in [0.05, 0.1) is 18.4 Å². The van der Waals surface area contributed by atoms with Crippen LogP contribution in [0, 0.1) is 5.41 Å². The van der Waals surface area contributed by atoms with Crippen LogP contribution < -0.4 is 10.6 Å². The zero-order chi connectivity index (χ0) is 17.6. The predicted molar refractivity (Wildman–Crippen MR) is 87.6 cm³/mol. The quantitative estimate of drug-likeness (QED) is 0.425. The number of ether oxygens (including phenoxy) is 2. The molecule has 2 N–H and O–H groups in total. The first-order valence-corrected chi connectivity index (χ1v) is 7.81. The Hall–Kier alpha value is -2.41. The standard InChI is InChI=1S/C17H22N2O5/c1-23-11-5-10-18-15(21)17(8-9-17)16(22)19-13-7-4-3-6-12(13)14(20)24-2/h3-4,6-7H,5,8-11H2,1-2H3,(H,18,21)(H,19,22). The van der Waals surface area contributed by atoms with Gasteiger partial charge in [0.1, 0.15) is 5.41 Å². The van der Waals surface area contributed by atoms with Crippen LogP contribution >= 0.6 is 0 Å². The van der Waals surface area contributed by atoms with E-state index < -0.39 is 17.3 Å². The number of methoxy groups -OCH3 is 2. The summed E-state index contributed by atoms with van der Waals surface area (Å²) in [5, 5.41) is 5.45. The maximum atomic E-state index is 12.5. The molecule has 1 fully saturated rings. The molecule has 7 nitrogen and oxygen atoms in total. The Kier molecular flexibility index (Phi) is 5.92. The van der Waals surface area contributed by atoms with Crippen molar-refractivity contribution in [3.63, 3.8) is 0 Å². The van der Waals surface area contributed by atoms with Gasteiger partial charge in [-0.15, -0.1) is 0 Å². The Morgan fingerprint density at radius 2 is 1.83 bits per heavy atom. The molecule has 0 spiro atoms. The molecule has 0 bridgehead atoms. The maximum Gasteiger partial charge on any atom is 0.339 e. The van der Waals surface area contributed by atoms with E-state index in [1.54, 1.807) is 31.4 Å². The third kappa shape index (κ3) is 3.91. The van der Waals surface area contributed by atoms with E-state index in [9.17, 15) is 14.4 Å². The van der Waals surface area contributed by atoms with Crippen molar-refractivity contribution in [2.45, 2.75) is 19.3 Å². The van der Waals surface area contributed by atoms with E-state index in [1.165, 1.54) is 7.11 Å². The van der Waals surface area contributed by atoms with Crippen molar-refractivity contribution in [1.82, 2.24) is 5.32 Å². The summed E-state index contributed by atoms with van der Waals surface area (Å²) >= 11 is 0. The SMILES string of the molecule is COCCCNC(=O)C1(C(=O)Nc2ccccc2C(=O)OC)CC1. The van der Waals surface area contributed by atoms with Crippen LogP contribution in [0.1, 0.15) is 29.6 Å². The number of carbonyl (C=O) groups excluding carboxylic acids is 3. The zero-order valence-corrected chi connectivity index (χ0v) is 13.9. The first-order chi connectivity index (χ1) is 11.5. The molecular formula is C17H22N2O5. The molecule has 0 saturated heterocycles. The molecule has 1 aliphatic rings. The molecule has 1 saturated carbocycles. The molecule has 1 aromatic rings. The number of nitrogens with one attached hydrogen (secondary N) is 2. The normalized spacial score (nSPS) is 14.6. The molecule has 0 heterocycles. The van der Waals surface area contributed by atoms with Crippen LogP contribution in [-0.4, -0.2) is 45.2 Å². The summed E-state index contributed by atoms with van der Waals surface area (Å²) < 4.78 is 9.63. The van der Waals surface area contributed by atoms with Crippen LogP contribution in [0.4, 0.5) is 5.69 Å². The summed E-state index contributed by atoms with van der Waals surface area (Å²) in [4.78, 5) is 36.6. The molecule has 0 atom stereocenters. The molecule has 7 heteroatoms. The van der Waals surface area contributed by atoms with Crippen LogP contribution in [-0.2, 0) is 19.1 Å². The van der Waals surface area contributed by atoms with Gasteiger partial charge in [0.25, 0.3) is 0 Å². The third-order valence-electron chi connectivity index (χ3n) is 4.01. The molecule has 2 amide bonds. The summed E-state index contributed by atoms with van der Waals surface area (Å²) in [6, 6.07) is 6.55. The minimum atomic E-state index is -1.05. The smallest absolute Gasteiger partial charge is 0.339 e. The van der Waals surface area contributed by atoms with Gasteiger partial charge >= 0.3 is 5.97 Å². The van der Waals surface area contributed by atoms with E-state index in [0.29, 0.717) is 38.1 Å². The Bertz CT molecular complexity index is 625. The molecule has 24 heavy (non-hydrogen) atoms. The van der Waals surface area contributed by atoms with Crippen molar-refractivity contribution < 1.29 is 23.9 Å². The maximum absolute atomic E-state index is 12.5. The Morgan fingerprint density at radius 3 is 2.46 bits per heavy atom. The topological polar surface area (TPSA) is 93.7 Å². The second-order valence-corrected chi connectivity index (χ2v) is 5.68. The summed E-state index contributed by atoms with van der Waals surface area (Å²) in [6.07, 6.45) is 1.68. The van der Waals surface area contributed by atoms with Crippen molar-refractivity contribution in [3.8, 4) is 0 Å². The number of benzene rings is 1. The van der Waals surface area contributed by atoms with Gasteiger partial charge < -0.3 is 20.1 Å². The second-order valence-electron chi connectivity index (χ2n) is 5.68. The lowest BCUT2D eigenvalue weighted by Crippen LogP contribution is -2.40. The number of hydrogen-bond donors (Lipinski definition) is 2. The number of carbonyl (C=O) groups is 3. The molecule has 1 aliphatic carbocycles. The number of rotatable bonds is 8. The van der Waals surface area contributed by atoms with Gasteiger partial charge in [-0.1, -0.05) is 12.1 Å². The van der Waals surface area contributed by atoms with E-state index in [0.717, 1.165) is 0 Å². The first kappa shape index (κ1) is 17.9. The summed E-state index contributed by atoms with van der Waals surface area (Å²) in [5.41, 5.74) is -0.450. The van der Waals surface area contributed by atoms with Crippen LogP contribution in [0.5, 0.6) is 0 Å². The highest BCUT2D eigenvalue weighted by molar-refractivity contribution is 6.14.